The van der Waals surface area contributed by atoms with Crippen molar-refractivity contribution in [2.45, 2.75) is 83.0 Å². The Labute approximate surface area is 178 Å². The van der Waals surface area contributed by atoms with E-state index in [9.17, 15) is 14.4 Å². The molecule has 6 heteroatoms. The van der Waals surface area contributed by atoms with Crippen molar-refractivity contribution in [3.63, 3.8) is 0 Å². The largest absolute Gasteiger partial charge is 0.464 e. The highest BCUT2D eigenvalue weighted by Crippen LogP contribution is 2.43. The Hall–Kier alpha value is -2.37. The molecule has 3 aliphatic rings. The van der Waals surface area contributed by atoms with Gasteiger partial charge >= 0.3 is 5.97 Å². The molecule has 1 aliphatic carbocycles. The van der Waals surface area contributed by atoms with Gasteiger partial charge in [0.1, 0.15) is 18.1 Å². The van der Waals surface area contributed by atoms with Gasteiger partial charge in [-0.3, -0.25) is 9.59 Å². The molecule has 4 rings (SSSR count). The van der Waals surface area contributed by atoms with Crippen molar-refractivity contribution in [1.82, 2.24) is 9.80 Å². The number of piperazine rings is 1. The van der Waals surface area contributed by atoms with Crippen LogP contribution in [0.2, 0.25) is 0 Å². The van der Waals surface area contributed by atoms with Crippen molar-refractivity contribution >= 4 is 17.8 Å². The molecule has 0 radical (unpaired) electrons. The third-order valence-electron chi connectivity index (χ3n) is 7.10. The molecule has 6 nitrogen and oxygen atoms in total. The molecule has 1 saturated carbocycles. The van der Waals surface area contributed by atoms with E-state index in [-0.39, 0.29) is 24.5 Å². The zero-order valence-electron chi connectivity index (χ0n) is 18.0. The number of ether oxygens (including phenoxy) is 1. The molecular weight excluding hydrogens is 380 g/mol. The fourth-order valence-corrected chi connectivity index (χ4v) is 5.68. The van der Waals surface area contributed by atoms with E-state index in [1.165, 1.54) is 6.42 Å². The number of fused-ring (bicyclic) bond motifs is 3. The van der Waals surface area contributed by atoms with Crippen LogP contribution in [0.15, 0.2) is 30.3 Å². The molecule has 30 heavy (non-hydrogen) atoms. The molecule has 0 unspecified atom stereocenters. The maximum atomic E-state index is 13.6. The second-order valence-corrected chi connectivity index (χ2v) is 8.82. The number of rotatable bonds is 6. The van der Waals surface area contributed by atoms with Crippen molar-refractivity contribution in [2.24, 2.45) is 5.92 Å². The van der Waals surface area contributed by atoms with Crippen molar-refractivity contribution in [3.05, 3.63) is 35.9 Å². The predicted octanol–water partition coefficient (Wildman–Crippen LogP) is 2.94. The van der Waals surface area contributed by atoms with Crippen LogP contribution in [0.3, 0.4) is 0 Å². The number of nitrogens with zero attached hydrogens (tertiary/aromatic N) is 2. The topological polar surface area (TPSA) is 66.9 Å². The summed E-state index contributed by atoms with van der Waals surface area (Å²) in [7, 11) is 0. The van der Waals surface area contributed by atoms with Crippen molar-refractivity contribution in [1.29, 1.82) is 0 Å². The number of carbonyl (C=O) groups excluding carboxylic acids is 3. The minimum atomic E-state index is -0.735. The highest BCUT2D eigenvalue weighted by atomic mass is 16.5. The van der Waals surface area contributed by atoms with Gasteiger partial charge in [-0.15, -0.1) is 0 Å². The van der Waals surface area contributed by atoms with Gasteiger partial charge in [-0.1, -0.05) is 43.2 Å². The summed E-state index contributed by atoms with van der Waals surface area (Å²) in [5.41, 5.74) is 1.10. The monoisotopic (exact) mass is 412 g/mol. The smallest absolute Gasteiger partial charge is 0.328 e. The number of hydrogen-bond donors (Lipinski definition) is 0. The molecule has 2 aliphatic heterocycles. The maximum Gasteiger partial charge on any atom is 0.328 e. The minimum Gasteiger partial charge on any atom is -0.464 e. The van der Waals surface area contributed by atoms with E-state index < -0.39 is 24.1 Å². The van der Waals surface area contributed by atoms with Gasteiger partial charge in [0, 0.05) is 6.04 Å². The molecule has 3 fully saturated rings. The summed E-state index contributed by atoms with van der Waals surface area (Å²) in [6.07, 6.45) is 6.19. The first kappa shape index (κ1) is 20.9. The SMILES string of the molecule is CCOC(=O)[C@H](CCc1ccccc1)N1C(=O)[C@@H]2C[C@@H]3CCCC[C@@H]3N2C(=O)[C@H]1C. The summed E-state index contributed by atoms with van der Waals surface area (Å²) >= 11 is 0. The fourth-order valence-electron chi connectivity index (χ4n) is 5.68. The van der Waals surface area contributed by atoms with Crippen molar-refractivity contribution in [3.8, 4) is 0 Å². The number of hydrogen-bond acceptors (Lipinski definition) is 4. The summed E-state index contributed by atoms with van der Waals surface area (Å²) in [5, 5.41) is 0. The van der Waals surface area contributed by atoms with Gasteiger partial charge in [0.2, 0.25) is 11.8 Å². The third-order valence-corrected chi connectivity index (χ3v) is 7.10. The Kier molecular flexibility index (Phi) is 6.11. The standard InChI is InChI=1S/C24H32N2O4/c1-3-30-24(29)20(14-13-17-9-5-4-6-10-17)25-16(2)22(27)26-19-12-8-7-11-18(19)15-21(26)23(25)28/h4-6,9-10,16,18-21H,3,7-8,11-15H2,1-2H3/t16-,18+,19+,20+,21+/m1/s1. The maximum absolute atomic E-state index is 13.6. The number of esters is 1. The van der Waals surface area contributed by atoms with E-state index in [1.54, 1.807) is 18.7 Å². The number of aryl methyl sites for hydroxylation is 1. The Morgan fingerprint density at radius 3 is 2.60 bits per heavy atom. The van der Waals surface area contributed by atoms with Crippen LogP contribution >= 0.6 is 0 Å². The molecule has 5 atom stereocenters. The average molecular weight is 413 g/mol. The van der Waals surface area contributed by atoms with E-state index in [2.05, 4.69) is 0 Å². The zero-order chi connectivity index (χ0) is 21.3. The fraction of sp³-hybridized carbons (Fsp3) is 0.625. The number of carbonyl (C=O) groups is 3. The van der Waals surface area contributed by atoms with E-state index >= 15 is 0 Å². The molecule has 2 heterocycles. The van der Waals surface area contributed by atoms with Gasteiger partial charge in [-0.05, 0) is 57.4 Å². The molecule has 0 N–H and O–H groups in total. The Morgan fingerprint density at radius 2 is 1.87 bits per heavy atom. The van der Waals surface area contributed by atoms with Gasteiger partial charge in [0.25, 0.3) is 0 Å². The first-order valence-electron chi connectivity index (χ1n) is 11.4. The van der Waals surface area contributed by atoms with E-state index in [1.807, 2.05) is 35.2 Å². The lowest BCUT2D eigenvalue weighted by atomic mass is 9.85. The van der Waals surface area contributed by atoms with Crippen LogP contribution in [-0.4, -0.2) is 58.4 Å². The van der Waals surface area contributed by atoms with E-state index in [0.29, 0.717) is 18.8 Å². The summed E-state index contributed by atoms with van der Waals surface area (Å²) < 4.78 is 5.33. The molecule has 0 aromatic heterocycles. The first-order valence-corrected chi connectivity index (χ1v) is 11.4. The zero-order valence-corrected chi connectivity index (χ0v) is 18.0. The normalized spacial score (nSPS) is 29.4. The lowest BCUT2D eigenvalue weighted by Gasteiger charge is -2.46. The van der Waals surface area contributed by atoms with Crippen molar-refractivity contribution < 1.29 is 19.1 Å². The van der Waals surface area contributed by atoms with Gasteiger partial charge in [0.15, 0.2) is 0 Å². The highest BCUT2D eigenvalue weighted by Gasteiger charge is 2.55. The molecule has 1 aromatic rings. The van der Waals surface area contributed by atoms with E-state index in [4.69, 9.17) is 4.74 Å². The minimum absolute atomic E-state index is 0.0111. The van der Waals surface area contributed by atoms with Gasteiger partial charge in [0.05, 0.1) is 6.61 Å². The van der Waals surface area contributed by atoms with Crippen LogP contribution in [0.25, 0.3) is 0 Å². The summed E-state index contributed by atoms with van der Waals surface area (Å²) in [4.78, 5) is 43.2. The second kappa shape index (κ2) is 8.78. The van der Waals surface area contributed by atoms with Gasteiger partial charge in [-0.25, -0.2) is 4.79 Å². The molecule has 2 saturated heterocycles. The molecule has 162 valence electrons. The first-order chi connectivity index (χ1) is 14.5. The van der Waals surface area contributed by atoms with Crippen LogP contribution in [0.5, 0.6) is 0 Å². The van der Waals surface area contributed by atoms with Crippen molar-refractivity contribution in [2.75, 3.05) is 6.61 Å². The molecule has 1 aromatic carbocycles. The molecule has 2 amide bonds. The van der Waals surface area contributed by atoms with Crippen LogP contribution in [0, 0.1) is 5.92 Å². The van der Waals surface area contributed by atoms with Gasteiger partial charge in [-0.2, -0.15) is 0 Å². The number of benzene rings is 1. The lowest BCUT2D eigenvalue weighted by molar-refractivity contribution is -0.170. The Bertz CT molecular complexity index is 796. The summed E-state index contributed by atoms with van der Waals surface area (Å²) in [6, 6.07) is 8.30. The Morgan fingerprint density at radius 1 is 1.13 bits per heavy atom. The summed E-state index contributed by atoms with van der Waals surface area (Å²) in [6.45, 7) is 3.79. The molecule has 0 bridgehead atoms. The summed E-state index contributed by atoms with van der Waals surface area (Å²) in [5.74, 6) is -0.0925. The average Bonchev–Trinajstić information content (AvgIpc) is 3.15. The predicted molar refractivity (Wildman–Crippen MR) is 112 cm³/mol. The lowest BCUT2D eigenvalue weighted by Crippen LogP contribution is -2.67. The molecule has 0 spiro atoms. The second-order valence-electron chi connectivity index (χ2n) is 8.82. The Balaban J connectivity index is 1.58. The van der Waals surface area contributed by atoms with Crippen LogP contribution in [0.1, 0.15) is 57.9 Å². The highest BCUT2D eigenvalue weighted by molar-refractivity contribution is 5.99. The third kappa shape index (κ3) is 3.72. The quantitative estimate of drug-likeness (QED) is 0.674. The van der Waals surface area contributed by atoms with Gasteiger partial charge < -0.3 is 14.5 Å². The van der Waals surface area contributed by atoms with Crippen LogP contribution in [0.4, 0.5) is 0 Å². The van der Waals surface area contributed by atoms with Crippen LogP contribution < -0.4 is 0 Å². The molecular formula is C24H32N2O4. The van der Waals surface area contributed by atoms with Crippen LogP contribution in [-0.2, 0) is 25.5 Å². The number of amides is 2. The van der Waals surface area contributed by atoms with E-state index in [0.717, 1.165) is 31.2 Å².